The Morgan fingerprint density at radius 2 is 1.91 bits per heavy atom. The molecule has 2 heterocycles. The normalized spacial score (nSPS) is 13.8. The van der Waals surface area contributed by atoms with Gasteiger partial charge in [0.2, 0.25) is 5.16 Å². The Balaban J connectivity index is 1.51. The van der Waals surface area contributed by atoms with Gasteiger partial charge in [-0.25, -0.2) is 9.67 Å². The molecule has 2 N–H and O–H groups in total. The molecular formula is C17H16N4OS. The van der Waals surface area contributed by atoms with Crippen LogP contribution in [0, 0.1) is 0 Å². The second kappa shape index (κ2) is 6.06. The summed E-state index contributed by atoms with van der Waals surface area (Å²) in [6.07, 6.45) is -0.521. The minimum atomic E-state index is -0.521. The number of aliphatic hydroxyl groups excluding tert-OH is 1. The molecular weight excluding hydrogens is 308 g/mol. The van der Waals surface area contributed by atoms with Gasteiger partial charge in [0.25, 0.3) is 0 Å². The topological polar surface area (TPSA) is 63.0 Å². The van der Waals surface area contributed by atoms with Crippen LogP contribution in [0.3, 0.4) is 0 Å². The van der Waals surface area contributed by atoms with Crippen molar-refractivity contribution in [1.29, 1.82) is 0 Å². The number of hydrogen-bond donors (Lipinski definition) is 2. The van der Waals surface area contributed by atoms with Crippen LogP contribution >= 0.6 is 11.8 Å². The van der Waals surface area contributed by atoms with Crippen LogP contribution < -0.4 is 5.32 Å². The number of para-hydroxylation sites is 1. The van der Waals surface area contributed by atoms with Crippen molar-refractivity contribution in [3.63, 3.8) is 0 Å². The molecule has 0 aliphatic carbocycles. The van der Waals surface area contributed by atoms with Crippen molar-refractivity contribution in [3.8, 4) is 11.4 Å². The quantitative estimate of drug-likeness (QED) is 0.722. The maximum absolute atomic E-state index is 10.2. The third kappa shape index (κ3) is 2.83. The van der Waals surface area contributed by atoms with Gasteiger partial charge in [0.15, 0.2) is 5.82 Å². The molecule has 23 heavy (non-hydrogen) atoms. The summed E-state index contributed by atoms with van der Waals surface area (Å²) < 4.78 is 1.86. The lowest BCUT2D eigenvalue weighted by Crippen LogP contribution is -2.16. The van der Waals surface area contributed by atoms with Gasteiger partial charge in [0.1, 0.15) is 6.67 Å². The zero-order valence-electron chi connectivity index (χ0n) is 12.4. The number of aliphatic hydroxyl groups is 1. The monoisotopic (exact) mass is 324 g/mol. The second-order valence-electron chi connectivity index (χ2n) is 5.34. The van der Waals surface area contributed by atoms with Gasteiger partial charge in [0, 0.05) is 17.0 Å². The Morgan fingerprint density at radius 1 is 1.13 bits per heavy atom. The average Bonchev–Trinajstić information content (AvgIpc) is 3.04. The minimum absolute atomic E-state index is 0.521. The number of nitrogens with zero attached hydrogens (tertiary/aromatic N) is 3. The summed E-state index contributed by atoms with van der Waals surface area (Å²) in [5.41, 5.74) is 3.05. The van der Waals surface area contributed by atoms with Gasteiger partial charge in [-0.3, -0.25) is 0 Å². The molecule has 1 aliphatic heterocycles. The third-order valence-corrected chi connectivity index (χ3v) is 4.71. The van der Waals surface area contributed by atoms with E-state index < -0.39 is 6.10 Å². The number of benzene rings is 2. The Labute approximate surface area is 138 Å². The van der Waals surface area contributed by atoms with Crippen LogP contribution in [-0.2, 0) is 6.67 Å². The van der Waals surface area contributed by atoms with Crippen LogP contribution in [-0.4, -0.2) is 25.6 Å². The van der Waals surface area contributed by atoms with Gasteiger partial charge >= 0.3 is 0 Å². The smallest absolute Gasteiger partial charge is 0.209 e. The van der Waals surface area contributed by atoms with Crippen molar-refractivity contribution in [1.82, 2.24) is 14.8 Å². The molecule has 5 nitrogen and oxygen atoms in total. The molecule has 2 aromatic carbocycles. The van der Waals surface area contributed by atoms with Crippen LogP contribution in [0.5, 0.6) is 0 Å². The number of hydrogen-bond acceptors (Lipinski definition) is 5. The fourth-order valence-corrected chi connectivity index (χ4v) is 3.42. The third-order valence-electron chi connectivity index (χ3n) is 3.79. The number of nitrogens with one attached hydrogen (secondary N) is 1. The van der Waals surface area contributed by atoms with E-state index in [4.69, 9.17) is 0 Å². The molecule has 3 aromatic rings. The highest BCUT2D eigenvalue weighted by Crippen LogP contribution is 2.32. The average molecular weight is 324 g/mol. The first kappa shape index (κ1) is 14.3. The Bertz CT molecular complexity index is 818. The highest BCUT2D eigenvalue weighted by atomic mass is 32.2. The number of anilines is 1. The highest BCUT2D eigenvalue weighted by Gasteiger charge is 2.20. The number of thioether (sulfide) groups is 1. The van der Waals surface area contributed by atoms with Crippen LogP contribution in [0.4, 0.5) is 5.69 Å². The molecule has 1 aromatic heterocycles. The van der Waals surface area contributed by atoms with E-state index in [9.17, 15) is 5.11 Å². The minimum Gasteiger partial charge on any atom is -0.388 e. The van der Waals surface area contributed by atoms with Crippen LogP contribution in [0.2, 0.25) is 0 Å². The second-order valence-corrected chi connectivity index (χ2v) is 6.32. The van der Waals surface area contributed by atoms with E-state index in [2.05, 4.69) is 15.4 Å². The maximum atomic E-state index is 10.2. The molecule has 0 spiro atoms. The van der Waals surface area contributed by atoms with Gasteiger partial charge in [-0.05, 0) is 17.7 Å². The van der Waals surface area contributed by atoms with E-state index in [1.165, 1.54) is 11.8 Å². The predicted octanol–water partition coefficient (Wildman–Crippen LogP) is 3.15. The Kier molecular flexibility index (Phi) is 3.77. The van der Waals surface area contributed by atoms with Crippen molar-refractivity contribution in [2.45, 2.75) is 17.9 Å². The molecule has 0 radical (unpaired) electrons. The van der Waals surface area contributed by atoms with Crippen LogP contribution in [0.25, 0.3) is 11.4 Å². The number of aromatic nitrogens is 3. The van der Waals surface area contributed by atoms with Gasteiger partial charge in [-0.15, -0.1) is 5.10 Å². The van der Waals surface area contributed by atoms with Crippen molar-refractivity contribution < 1.29 is 5.11 Å². The fourth-order valence-electron chi connectivity index (χ4n) is 2.61. The molecule has 0 bridgehead atoms. The molecule has 0 fully saturated rings. The standard InChI is InChI=1S/C17H16N4OS/c22-15(12-6-2-1-3-7-12)10-23-17-19-16-13-8-4-5-9-14(13)18-11-21(16)20-17/h1-9,15,18,22H,10-11H2/t15-/m0/s1. The summed E-state index contributed by atoms with van der Waals surface area (Å²) in [5.74, 6) is 1.40. The summed E-state index contributed by atoms with van der Waals surface area (Å²) in [6.45, 7) is 0.612. The molecule has 1 aliphatic rings. The summed E-state index contributed by atoms with van der Waals surface area (Å²) in [5, 5.41) is 18.8. The summed E-state index contributed by atoms with van der Waals surface area (Å²) >= 11 is 1.47. The first-order chi connectivity index (χ1) is 11.3. The lowest BCUT2D eigenvalue weighted by molar-refractivity contribution is 0.204. The van der Waals surface area contributed by atoms with Crippen molar-refractivity contribution in [2.75, 3.05) is 11.1 Å². The largest absolute Gasteiger partial charge is 0.388 e. The lowest BCUT2D eigenvalue weighted by atomic mass is 10.1. The first-order valence-electron chi connectivity index (χ1n) is 7.45. The molecule has 0 amide bonds. The highest BCUT2D eigenvalue weighted by molar-refractivity contribution is 7.99. The van der Waals surface area contributed by atoms with E-state index in [0.717, 1.165) is 22.6 Å². The molecule has 0 saturated carbocycles. The van der Waals surface area contributed by atoms with Gasteiger partial charge in [-0.1, -0.05) is 54.2 Å². The molecule has 6 heteroatoms. The Hall–Kier alpha value is -2.31. The van der Waals surface area contributed by atoms with E-state index >= 15 is 0 Å². The van der Waals surface area contributed by atoms with Crippen LogP contribution in [0.15, 0.2) is 59.8 Å². The summed E-state index contributed by atoms with van der Waals surface area (Å²) in [6, 6.07) is 17.7. The van der Waals surface area contributed by atoms with E-state index in [1.54, 1.807) is 0 Å². The first-order valence-corrected chi connectivity index (χ1v) is 8.44. The fraction of sp³-hybridized carbons (Fsp3) is 0.176. The lowest BCUT2D eigenvalue weighted by Gasteiger charge is -2.17. The number of fused-ring (bicyclic) bond motifs is 3. The maximum Gasteiger partial charge on any atom is 0.209 e. The van der Waals surface area contributed by atoms with Gasteiger partial charge < -0.3 is 10.4 Å². The predicted molar refractivity (Wildman–Crippen MR) is 91.2 cm³/mol. The summed E-state index contributed by atoms with van der Waals surface area (Å²) in [7, 11) is 0. The molecule has 116 valence electrons. The zero-order chi connectivity index (χ0) is 15.6. The van der Waals surface area contributed by atoms with E-state index in [-0.39, 0.29) is 0 Å². The van der Waals surface area contributed by atoms with E-state index in [1.807, 2.05) is 59.3 Å². The SMILES string of the molecule is O[C@@H](CSc1nc2n(n1)CNc1ccccc1-2)c1ccccc1. The van der Waals surface area contributed by atoms with Crippen LogP contribution in [0.1, 0.15) is 11.7 Å². The van der Waals surface area contributed by atoms with Crippen molar-refractivity contribution >= 4 is 17.4 Å². The summed E-state index contributed by atoms with van der Waals surface area (Å²) in [4.78, 5) is 4.62. The molecule has 1 atom stereocenters. The molecule has 0 saturated heterocycles. The Morgan fingerprint density at radius 3 is 2.78 bits per heavy atom. The van der Waals surface area contributed by atoms with E-state index in [0.29, 0.717) is 17.6 Å². The van der Waals surface area contributed by atoms with Crippen molar-refractivity contribution in [2.24, 2.45) is 0 Å². The zero-order valence-corrected chi connectivity index (χ0v) is 13.2. The van der Waals surface area contributed by atoms with Crippen molar-refractivity contribution in [3.05, 3.63) is 60.2 Å². The molecule has 0 unspecified atom stereocenters. The van der Waals surface area contributed by atoms with Gasteiger partial charge in [-0.2, -0.15) is 0 Å². The number of rotatable bonds is 4. The molecule has 4 rings (SSSR count). The van der Waals surface area contributed by atoms with Gasteiger partial charge in [0.05, 0.1) is 6.10 Å².